The fraction of sp³-hybridized carbons (Fsp3) is 0.214. The minimum Gasteiger partial charge on any atom is -0.493 e. The number of hydrogen-bond acceptors (Lipinski definition) is 3. The van der Waals surface area contributed by atoms with Crippen molar-refractivity contribution in [2.75, 3.05) is 6.61 Å². The first-order valence-corrected chi connectivity index (χ1v) is 7.48. The molecule has 0 atom stereocenters. The second kappa shape index (κ2) is 5.51. The summed E-state index contributed by atoms with van der Waals surface area (Å²) in [4.78, 5) is 4.07. The van der Waals surface area contributed by atoms with Crippen molar-refractivity contribution < 1.29 is 9.47 Å². The van der Waals surface area contributed by atoms with Gasteiger partial charge in [-0.2, -0.15) is 0 Å². The van der Waals surface area contributed by atoms with Gasteiger partial charge in [-0.15, -0.1) is 0 Å². The molecule has 0 fully saturated rings. The third-order valence-electron chi connectivity index (χ3n) is 2.90. The molecule has 98 valence electrons. The zero-order valence-corrected chi connectivity index (χ0v) is 13.2. The second-order valence-corrected chi connectivity index (χ2v) is 6.11. The van der Waals surface area contributed by atoms with Crippen LogP contribution in [-0.4, -0.2) is 11.6 Å². The van der Waals surface area contributed by atoms with Gasteiger partial charge in [0.05, 0.1) is 12.8 Å². The Hall–Kier alpha value is -1.07. The number of fused-ring (bicyclic) bond motifs is 1. The van der Waals surface area contributed by atoms with Crippen LogP contribution in [0.4, 0.5) is 0 Å². The Kier molecular flexibility index (Phi) is 3.75. The monoisotopic (exact) mass is 383 g/mol. The maximum atomic E-state index is 5.76. The molecule has 0 radical (unpaired) electrons. The molecule has 0 saturated heterocycles. The summed E-state index contributed by atoms with van der Waals surface area (Å²) >= 11 is 6.90. The van der Waals surface area contributed by atoms with E-state index in [0.717, 1.165) is 39.0 Å². The van der Waals surface area contributed by atoms with Gasteiger partial charge in [0.2, 0.25) is 0 Å². The highest BCUT2D eigenvalue weighted by Crippen LogP contribution is 2.33. The van der Waals surface area contributed by atoms with Crippen LogP contribution in [0.3, 0.4) is 0 Å². The summed E-state index contributed by atoms with van der Waals surface area (Å²) in [6, 6.07) is 6.04. The molecule has 0 aliphatic carbocycles. The fourth-order valence-corrected chi connectivity index (χ4v) is 2.98. The average molecular weight is 385 g/mol. The zero-order chi connectivity index (χ0) is 13.2. The molecule has 0 bridgehead atoms. The molecule has 3 rings (SSSR count). The van der Waals surface area contributed by atoms with Crippen LogP contribution in [0.5, 0.6) is 11.5 Å². The summed E-state index contributed by atoms with van der Waals surface area (Å²) in [5.41, 5.74) is 2.29. The Bertz CT molecular complexity index is 616. The first kappa shape index (κ1) is 12.9. The first-order valence-electron chi connectivity index (χ1n) is 5.90. The van der Waals surface area contributed by atoms with Gasteiger partial charge in [-0.05, 0) is 39.7 Å². The van der Waals surface area contributed by atoms with Crippen molar-refractivity contribution in [2.24, 2.45) is 0 Å². The van der Waals surface area contributed by atoms with E-state index in [2.05, 4.69) is 42.9 Å². The molecular weight excluding hydrogens is 374 g/mol. The topological polar surface area (TPSA) is 31.4 Å². The lowest BCUT2D eigenvalue weighted by molar-refractivity contribution is 0.290. The number of halogens is 2. The van der Waals surface area contributed by atoms with E-state index in [4.69, 9.17) is 9.47 Å². The highest BCUT2D eigenvalue weighted by Gasteiger charge is 2.17. The van der Waals surface area contributed by atoms with Gasteiger partial charge in [-0.3, -0.25) is 4.98 Å². The smallest absolute Gasteiger partial charge is 0.139 e. The number of nitrogens with zero attached hydrogens (tertiary/aromatic N) is 1. The Balaban J connectivity index is 1.81. The van der Waals surface area contributed by atoms with Crippen molar-refractivity contribution in [3.63, 3.8) is 0 Å². The maximum absolute atomic E-state index is 5.76. The standard InChI is InChI=1S/C14H11Br2NO2/c15-11-3-9-1-2-18-14(9)10(4-11)8-19-13-5-12(16)6-17-7-13/h3-7H,1-2,8H2. The lowest BCUT2D eigenvalue weighted by atomic mass is 10.1. The van der Waals surface area contributed by atoms with Crippen molar-refractivity contribution in [1.29, 1.82) is 0 Å². The van der Waals surface area contributed by atoms with Crippen LogP contribution in [0.2, 0.25) is 0 Å². The summed E-state index contributed by atoms with van der Waals surface area (Å²) < 4.78 is 13.4. The van der Waals surface area contributed by atoms with Gasteiger partial charge in [0.1, 0.15) is 18.1 Å². The molecule has 19 heavy (non-hydrogen) atoms. The SMILES string of the molecule is Brc1cncc(OCc2cc(Br)cc3c2OCC3)c1. The van der Waals surface area contributed by atoms with E-state index in [1.807, 2.05) is 12.1 Å². The van der Waals surface area contributed by atoms with Crippen molar-refractivity contribution in [3.8, 4) is 11.5 Å². The third-order valence-corrected chi connectivity index (χ3v) is 3.79. The molecule has 0 saturated carbocycles. The average Bonchev–Trinajstić information content (AvgIpc) is 2.84. The zero-order valence-electron chi connectivity index (χ0n) is 10.0. The van der Waals surface area contributed by atoms with E-state index >= 15 is 0 Å². The van der Waals surface area contributed by atoms with E-state index in [1.54, 1.807) is 12.4 Å². The molecule has 1 aromatic heterocycles. The van der Waals surface area contributed by atoms with Gasteiger partial charge in [0.15, 0.2) is 0 Å². The fourth-order valence-electron chi connectivity index (χ4n) is 2.09. The van der Waals surface area contributed by atoms with Crippen LogP contribution in [0.15, 0.2) is 39.5 Å². The molecule has 5 heteroatoms. The molecule has 0 spiro atoms. The van der Waals surface area contributed by atoms with E-state index in [-0.39, 0.29) is 0 Å². The number of rotatable bonds is 3. The number of pyridine rings is 1. The Morgan fingerprint density at radius 1 is 1.16 bits per heavy atom. The molecule has 0 N–H and O–H groups in total. The lowest BCUT2D eigenvalue weighted by Gasteiger charge is -2.10. The molecular formula is C14H11Br2NO2. The number of ether oxygens (including phenoxy) is 2. The minimum atomic E-state index is 0.472. The number of aromatic nitrogens is 1. The highest BCUT2D eigenvalue weighted by atomic mass is 79.9. The molecule has 3 nitrogen and oxygen atoms in total. The maximum Gasteiger partial charge on any atom is 0.139 e. The molecule has 1 aliphatic heterocycles. The molecule has 0 unspecified atom stereocenters. The van der Waals surface area contributed by atoms with E-state index < -0.39 is 0 Å². The first-order chi connectivity index (χ1) is 9.22. The van der Waals surface area contributed by atoms with E-state index in [0.29, 0.717) is 6.61 Å². The van der Waals surface area contributed by atoms with Gasteiger partial charge >= 0.3 is 0 Å². The van der Waals surface area contributed by atoms with Gasteiger partial charge in [-0.25, -0.2) is 0 Å². The molecule has 2 heterocycles. The van der Waals surface area contributed by atoms with E-state index in [9.17, 15) is 0 Å². The number of hydrogen-bond donors (Lipinski definition) is 0. The molecule has 2 aromatic rings. The quantitative estimate of drug-likeness (QED) is 0.797. The van der Waals surface area contributed by atoms with Crippen LogP contribution >= 0.6 is 31.9 Å². The summed E-state index contributed by atoms with van der Waals surface area (Å²) in [6.07, 6.45) is 4.39. The second-order valence-electron chi connectivity index (χ2n) is 4.28. The largest absolute Gasteiger partial charge is 0.493 e. The lowest BCUT2D eigenvalue weighted by Crippen LogP contribution is -1.99. The molecule has 0 amide bonds. The van der Waals surface area contributed by atoms with Crippen LogP contribution in [-0.2, 0) is 13.0 Å². The van der Waals surface area contributed by atoms with Crippen LogP contribution in [0.25, 0.3) is 0 Å². The van der Waals surface area contributed by atoms with Gasteiger partial charge in [0.25, 0.3) is 0 Å². The summed E-state index contributed by atoms with van der Waals surface area (Å²) in [6.45, 7) is 1.22. The normalized spacial score (nSPS) is 12.9. The summed E-state index contributed by atoms with van der Waals surface area (Å²) in [5, 5.41) is 0. The predicted octanol–water partition coefficient (Wildman–Crippen LogP) is 4.12. The minimum absolute atomic E-state index is 0.472. The van der Waals surface area contributed by atoms with Crippen LogP contribution < -0.4 is 9.47 Å². The summed E-state index contributed by atoms with van der Waals surface area (Å²) in [7, 11) is 0. The highest BCUT2D eigenvalue weighted by molar-refractivity contribution is 9.10. The van der Waals surface area contributed by atoms with Crippen LogP contribution in [0, 0.1) is 0 Å². The van der Waals surface area contributed by atoms with Gasteiger partial charge in [-0.1, -0.05) is 15.9 Å². The molecule has 1 aliphatic rings. The summed E-state index contributed by atoms with van der Waals surface area (Å²) in [5.74, 6) is 1.70. The van der Waals surface area contributed by atoms with Gasteiger partial charge in [0, 0.05) is 27.1 Å². The Labute approximate surface area is 128 Å². The van der Waals surface area contributed by atoms with Crippen molar-refractivity contribution >= 4 is 31.9 Å². The predicted molar refractivity (Wildman–Crippen MR) is 79.6 cm³/mol. The van der Waals surface area contributed by atoms with Crippen molar-refractivity contribution in [3.05, 3.63) is 50.7 Å². The van der Waals surface area contributed by atoms with Crippen molar-refractivity contribution in [2.45, 2.75) is 13.0 Å². The number of benzene rings is 1. The molecule has 1 aromatic carbocycles. The van der Waals surface area contributed by atoms with Gasteiger partial charge < -0.3 is 9.47 Å². The Morgan fingerprint density at radius 3 is 2.89 bits per heavy atom. The third kappa shape index (κ3) is 2.92. The van der Waals surface area contributed by atoms with E-state index in [1.165, 1.54) is 5.56 Å². The van der Waals surface area contributed by atoms with Crippen LogP contribution in [0.1, 0.15) is 11.1 Å². The Morgan fingerprint density at radius 2 is 2.05 bits per heavy atom. The van der Waals surface area contributed by atoms with Crippen molar-refractivity contribution in [1.82, 2.24) is 4.98 Å².